The molecule has 2 amide bonds. The molecule has 0 saturated carbocycles. The lowest BCUT2D eigenvalue weighted by Crippen LogP contribution is -2.31. The number of thioether (sulfide) groups is 1. The predicted octanol–water partition coefficient (Wildman–Crippen LogP) is 4.60. The Kier molecular flexibility index (Phi) is 11.3. The zero-order chi connectivity index (χ0) is 31.6. The average Bonchev–Trinajstić information content (AvgIpc) is 3.50. The summed E-state index contributed by atoms with van der Waals surface area (Å²) in [6.07, 6.45) is 2.08. The topological polar surface area (TPSA) is 148 Å². The van der Waals surface area contributed by atoms with Gasteiger partial charge in [0.05, 0.1) is 18.8 Å². The summed E-state index contributed by atoms with van der Waals surface area (Å²) in [4.78, 5) is 23.4. The van der Waals surface area contributed by atoms with Crippen LogP contribution in [0.2, 0.25) is 0 Å². The lowest BCUT2D eigenvalue weighted by molar-refractivity contribution is -0.245. The summed E-state index contributed by atoms with van der Waals surface area (Å²) >= 11 is 1.59. The second kappa shape index (κ2) is 15.8. The van der Waals surface area contributed by atoms with Gasteiger partial charge in [-0.15, -0.1) is 10.2 Å². The number of nitrogens with one attached hydrogen (secondary N) is 2. The lowest BCUT2D eigenvalue weighted by atomic mass is 9.99. The number of amides is 2. The number of carbonyl (C=O) groups is 2. The molecular weight excluding hydrogens is 594 g/mol. The highest BCUT2D eigenvalue weighted by atomic mass is 32.2. The van der Waals surface area contributed by atoms with Crippen molar-refractivity contribution in [2.45, 2.75) is 62.5 Å². The number of carbonyl (C=O) groups excluding carboxylic acids is 2. The molecule has 236 valence electrons. The third-order valence-corrected chi connectivity index (χ3v) is 8.69. The number of aliphatic hydroxyl groups excluding tert-OH is 1. The molecule has 5 rings (SSSR count). The molecule has 3 aromatic carbocycles. The molecule has 4 aromatic rings. The monoisotopic (exact) mass is 631 g/mol. The van der Waals surface area contributed by atoms with Gasteiger partial charge >= 0.3 is 0 Å². The summed E-state index contributed by atoms with van der Waals surface area (Å²) in [5.41, 5.74) is 7.25. The number of aryl methyl sites for hydroxylation is 1. The fourth-order valence-electron chi connectivity index (χ4n) is 5.07. The molecule has 3 atom stereocenters. The molecule has 0 radical (unpaired) electrons. The van der Waals surface area contributed by atoms with Crippen LogP contribution >= 0.6 is 11.8 Å². The van der Waals surface area contributed by atoms with Crippen LogP contribution in [0.1, 0.15) is 60.3 Å². The third-order valence-electron chi connectivity index (χ3n) is 7.52. The molecule has 1 aromatic heterocycles. The second-order valence-corrected chi connectivity index (χ2v) is 11.9. The van der Waals surface area contributed by atoms with Gasteiger partial charge in [-0.05, 0) is 46.4 Å². The Morgan fingerprint density at radius 2 is 1.71 bits per heavy atom. The molecule has 1 aliphatic heterocycles. The third kappa shape index (κ3) is 8.99. The maximum atomic E-state index is 12.2. The normalized spacial score (nSPS) is 18.0. The van der Waals surface area contributed by atoms with Crippen LogP contribution in [0.5, 0.6) is 0 Å². The number of hydroxylamine groups is 1. The molecule has 1 saturated heterocycles. The van der Waals surface area contributed by atoms with E-state index in [4.69, 9.17) is 14.7 Å². The van der Waals surface area contributed by atoms with Crippen LogP contribution in [0.3, 0.4) is 0 Å². The standard InChI is InChI=1S/C33H37N5O6S/c1-38-21-35-36-33(38)45-20-28-17-29(24-13-11-22(19-39)12-14-24)44-32(43-28)27-8-3-7-26(16-27)25-6-2-5-23(15-25)18-34-30(40)9-4-10-31(41)37-42/h2-3,5-8,11-16,21,28-29,32,39,42H,4,9-10,17-20H2,1H3,(H,34,40)(H,37,41)/t28-,29+,32+/m0/s1. The van der Waals surface area contributed by atoms with Crippen molar-refractivity contribution < 1.29 is 29.4 Å². The van der Waals surface area contributed by atoms with Crippen LogP contribution in [0.25, 0.3) is 11.1 Å². The Hall–Kier alpha value is -4.07. The first-order valence-corrected chi connectivity index (χ1v) is 15.8. The van der Waals surface area contributed by atoms with Gasteiger partial charge in [0.25, 0.3) is 0 Å². The zero-order valence-corrected chi connectivity index (χ0v) is 25.8. The van der Waals surface area contributed by atoms with Crippen molar-refractivity contribution in [3.05, 3.63) is 101 Å². The van der Waals surface area contributed by atoms with E-state index in [9.17, 15) is 14.7 Å². The molecule has 11 nitrogen and oxygen atoms in total. The Balaban J connectivity index is 1.29. The highest BCUT2D eigenvalue weighted by Gasteiger charge is 2.32. The molecule has 2 heterocycles. The number of hydrogen-bond donors (Lipinski definition) is 4. The van der Waals surface area contributed by atoms with Gasteiger partial charge in [-0.25, -0.2) is 5.48 Å². The first kappa shape index (κ1) is 32.3. The molecule has 12 heteroatoms. The molecule has 0 bridgehead atoms. The van der Waals surface area contributed by atoms with E-state index in [0.717, 1.165) is 38.5 Å². The van der Waals surface area contributed by atoms with Crippen molar-refractivity contribution in [3.63, 3.8) is 0 Å². The number of hydrogen-bond acceptors (Lipinski definition) is 9. The van der Waals surface area contributed by atoms with Crippen molar-refractivity contribution >= 4 is 23.6 Å². The molecule has 45 heavy (non-hydrogen) atoms. The van der Waals surface area contributed by atoms with E-state index in [1.54, 1.807) is 23.6 Å². The predicted molar refractivity (Wildman–Crippen MR) is 168 cm³/mol. The molecule has 0 spiro atoms. The Morgan fingerprint density at radius 3 is 2.44 bits per heavy atom. The molecule has 0 aliphatic carbocycles. The number of aliphatic hydroxyl groups is 1. The van der Waals surface area contributed by atoms with E-state index in [1.807, 2.05) is 78.3 Å². The fraction of sp³-hybridized carbons (Fsp3) is 0.333. The smallest absolute Gasteiger partial charge is 0.243 e. The zero-order valence-electron chi connectivity index (χ0n) is 25.0. The fourth-order valence-corrected chi connectivity index (χ4v) is 5.98. The summed E-state index contributed by atoms with van der Waals surface area (Å²) < 4.78 is 14.9. The molecule has 0 unspecified atom stereocenters. The summed E-state index contributed by atoms with van der Waals surface area (Å²) in [7, 11) is 1.91. The minimum atomic E-state index is -0.596. The maximum Gasteiger partial charge on any atom is 0.243 e. The van der Waals surface area contributed by atoms with Crippen molar-refractivity contribution in [3.8, 4) is 11.1 Å². The largest absolute Gasteiger partial charge is 0.392 e. The number of rotatable bonds is 13. The van der Waals surface area contributed by atoms with Crippen LogP contribution in [-0.2, 0) is 39.3 Å². The van der Waals surface area contributed by atoms with Crippen molar-refractivity contribution in [1.82, 2.24) is 25.6 Å². The average molecular weight is 632 g/mol. The first-order chi connectivity index (χ1) is 21.9. The highest BCUT2D eigenvalue weighted by molar-refractivity contribution is 7.99. The summed E-state index contributed by atoms with van der Waals surface area (Å²) in [5.74, 6) is 0.0113. The van der Waals surface area contributed by atoms with E-state index >= 15 is 0 Å². The van der Waals surface area contributed by atoms with Gasteiger partial charge in [-0.1, -0.05) is 72.4 Å². The van der Waals surface area contributed by atoms with E-state index in [1.165, 1.54) is 0 Å². The Morgan fingerprint density at radius 1 is 0.956 bits per heavy atom. The quantitative estimate of drug-likeness (QED) is 0.0944. The molecule has 4 N–H and O–H groups in total. The van der Waals surface area contributed by atoms with Crippen molar-refractivity contribution in [1.29, 1.82) is 0 Å². The van der Waals surface area contributed by atoms with E-state index in [0.29, 0.717) is 25.1 Å². The van der Waals surface area contributed by atoms with Crippen LogP contribution < -0.4 is 10.8 Å². The Bertz CT molecular complexity index is 1580. The van der Waals surface area contributed by atoms with Crippen LogP contribution in [0.15, 0.2) is 84.3 Å². The van der Waals surface area contributed by atoms with Gasteiger partial charge in [0.1, 0.15) is 6.33 Å². The number of benzene rings is 3. The highest BCUT2D eigenvalue weighted by Crippen LogP contribution is 2.40. The lowest BCUT2D eigenvalue weighted by Gasteiger charge is -2.36. The Labute approximate surface area is 265 Å². The SMILES string of the molecule is Cn1cnnc1SC[C@@H]1C[C@H](c2ccc(CO)cc2)O[C@H](c2cccc(-c3cccc(CNC(=O)CCCC(=O)NO)c3)c2)O1. The molecular formula is C33H37N5O6S. The number of nitrogens with zero attached hydrogens (tertiary/aromatic N) is 3. The summed E-state index contributed by atoms with van der Waals surface area (Å²) in [6, 6.07) is 23.9. The molecule has 1 fully saturated rings. The summed E-state index contributed by atoms with van der Waals surface area (Å²) in [6.45, 7) is 0.343. The van der Waals surface area contributed by atoms with Crippen molar-refractivity contribution in [2.24, 2.45) is 7.05 Å². The second-order valence-electron chi connectivity index (χ2n) is 10.9. The van der Waals surface area contributed by atoms with E-state index in [-0.39, 0.29) is 37.6 Å². The maximum absolute atomic E-state index is 12.2. The van der Waals surface area contributed by atoms with Gasteiger partial charge in [-0.2, -0.15) is 0 Å². The summed E-state index contributed by atoms with van der Waals surface area (Å²) in [5, 5.41) is 30.0. The van der Waals surface area contributed by atoms with Crippen LogP contribution in [-0.4, -0.2) is 48.7 Å². The number of aromatic nitrogens is 3. The minimum absolute atomic E-state index is 0.0135. The van der Waals surface area contributed by atoms with E-state index in [2.05, 4.69) is 21.6 Å². The van der Waals surface area contributed by atoms with Gasteiger partial charge in [-0.3, -0.25) is 14.8 Å². The van der Waals surface area contributed by atoms with Gasteiger partial charge in [0, 0.05) is 44.2 Å². The van der Waals surface area contributed by atoms with Gasteiger partial charge in [0.15, 0.2) is 11.4 Å². The minimum Gasteiger partial charge on any atom is -0.392 e. The van der Waals surface area contributed by atoms with Gasteiger partial charge in [0.2, 0.25) is 11.8 Å². The van der Waals surface area contributed by atoms with Crippen LogP contribution in [0, 0.1) is 0 Å². The van der Waals surface area contributed by atoms with Crippen molar-refractivity contribution in [2.75, 3.05) is 5.75 Å². The molecule has 1 aliphatic rings. The number of ether oxygens (including phenoxy) is 2. The first-order valence-electron chi connectivity index (χ1n) is 14.8. The van der Waals surface area contributed by atoms with Crippen LogP contribution in [0.4, 0.5) is 0 Å². The van der Waals surface area contributed by atoms with E-state index < -0.39 is 12.2 Å². The van der Waals surface area contributed by atoms with Gasteiger partial charge < -0.3 is 24.5 Å².